The normalized spacial score (nSPS) is 31.0. The standard InChI is InChI=1S/C10H17N2O4P/c1-7-5-4-6-12(7,10(14)15)9(13)8(2)11-17(3)16/h7-8H,4-6H2,1-3H3/p+2/t7-,8+,12?/m1/s1. The molecule has 0 saturated carbocycles. The number of nitrogens with one attached hydrogen (secondary N) is 1. The molecule has 1 aliphatic rings. The Morgan fingerprint density at radius 2 is 2.12 bits per heavy atom. The van der Waals surface area contributed by atoms with Crippen molar-refractivity contribution in [3.05, 3.63) is 0 Å². The highest BCUT2D eigenvalue weighted by Gasteiger charge is 2.55. The number of quaternary nitrogens is 1. The van der Waals surface area contributed by atoms with Crippen LogP contribution in [0.4, 0.5) is 4.79 Å². The van der Waals surface area contributed by atoms with Crippen molar-refractivity contribution < 1.29 is 23.7 Å². The first-order valence-corrected chi connectivity index (χ1v) is 7.35. The minimum Gasteiger partial charge on any atom is -0.435 e. The number of hydrogen-bond donors (Lipinski definition) is 2. The van der Waals surface area contributed by atoms with E-state index in [-0.39, 0.29) is 6.04 Å². The molecule has 1 aliphatic heterocycles. The number of carbonyl (C=O) groups is 2. The second-order valence-electron chi connectivity index (χ2n) is 4.55. The van der Waals surface area contributed by atoms with E-state index in [2.05, 4.69) is 5.09 Å². The second-order valence-corrected chi connectivity index (χ2v) is 5.81. The van der Waals surface area contributed by atoms with Crippen molar-refractivity contribution in [2.75, 3.05) is 13.2 Å². The summed E-state index contributed by atoms with van der Waals surface area (Å²) in [5.74, 6) is -0.410. The molecule has 7 heteroatoms. The molecule has 0 aromatic carbocycles. The van der Waals surface area contributed by atoms with E-state index in [1.165, 1.54) is 6.66 Å². The number of amides is 2. The Hall–Kier alpha value is -0.840. The Bertz CT molecular complexity index is 360. The van der Waals surface area contributed by atoms with Gasteiger partial charge in [-0.2, -0.15) is 9.28 Å². The molecule has 1 heterocycles. The van der Waals surface area contributed by atoms with Crippen LogP contribution < -0.4 is 5.09 Å². The third-order valence-electron chi connectivity index (χ3n) is 3.37. The number of likely N-dealkylation sites (tertiary alicyclic amines) is 1. The number of rotatable bonds is 3. The number of hydrogen-bond acceptors (Lipinski definition) is 3. The molecule has 1 fully saturated rings. The number of imide groups is 1. The molecular formula is C10H19N2O4P+2. The molecule has 2 amide bonds. The van der Waals surface area contributed by atoms with E-state index in [0.29, 0.717) is 6.54 Å². The van der Waals surface area contributed by atoms with Crippen LogP contribution in [0.3, 0.4) is 0 Å². The topological polar surface area (TPSA) is 83.5 Å². The molecular weight excluding hydrogens is 243 g/mol. The van der Waals surface area contributed by atoms with Gasteiger partial charge in [0.05, 0.1) is 6.54 Å². The van der Waals surface area contributed by atoms with Gasteiger partial charge in [0.1, 0.15) is 6.04 Å². The lowest BCUT2D eigenvalue weighted by Crippen LogP contribution is -2.62. The third-order valence-corrected chi connectivity index (χ3v) is 4.12. The summed E-state index contributed by atoms with van der Waals surface area (Å²) in [7, 11) is -1.67. The van der Waals surface area contributed by atoms with Crippen molar-refractivity contribution in [2.45, 2.75) is 38.8 Å². The van der Waals surface area contributed by atoms with Gasteiger partial charge in [0.15, 0.2) is 12.7 Å². The Kier molecular flexibility index (Phi) is 4.36. The molecule has 2 unspecified atom stereocenters. The Morgan fingerprint density at radius 3 is 2.47 bits per heavy atom. The highest BCUT2D eigenvalue weighted by molar-refractivity contribution is 7.41. The molecule has 0 aromatic rings. The minimum absolute atomic E-state index is 0.223. The first-order valence-electron chi connectivity index (χ1n) is 5.65. The quantitative estimate of drug-likeness (QED) is 0.595. The average Bonchev–Trinajstić information content (AvgIpc) is 2.58. The Balaban J connectivity index is 2.96. The van der Waals surface area contributed by atoms with Gasteiger partial charge in [0, 0.05) is 12.8 Å². The molecule has 96 valence electrons. The zero-order valence-electron chi connectivity index (χ0n) is 10.3. The highest BCUT2D eigenvalue weighted by Crippen LogP contribution is 2.29. The van der Waals surface area contributed by atoms with E-state index in [9.17, 15) is 19.3 Å². The van der Waals surface area contributed by atoms with Crippen LogP contribution in [0.1, 0.15) is 26.7 Å². The van der Waals surface area contributed by atoms with Crippen molar-refractivity contribution in [2.24, 2.45) is 0 Å². The highest BCUT2D eigenvalue weighted by atomic mass is 31.1. The van der Waals surface area contributed by atoms with Crippen molar-refractivity contribution in [1.82, 2.24) is 5.09 Å². The summed E-state index contributed by atoms with van der Waals surface area (Å²) in [5.41, 5.74) is 0. The molecule has 0 spiro atoms. The fourth-order valence-electron chi connectivity index (χ4n) is 2.46. The van der Waals surface area contributed by atoms with Crippen LogP contribution in [0, 0.1) is 0 Å². The fourth-order valence-corrected chi connectivity index (χ4v) is 3.11. The maximum atomic E-state index is 12.3. The molecule has 0 radical (unpaired) electrons. The van der Waals surface area contributed by atoms with Crippen LogP contribution in [0.15, 0.2) is 0 Å². The van der Waals surface area contributed by atoms with E-state index >= 15 is 0 Å². The van der Waals surface area contributed by atoms with Gasteiger partial charge in [0.2, 0.25) is 0 Å². The zero-order chi connectivity index (χ0) is 13.2. The summed E-state index contributed by atoms with van der Waals surface area (Å²) in [5, 5.41) is 11.9. The SMILES string of the molecule is C[C@H](N[P+](C)=O)C(=O)[N+]1(C(=O)O)CCC[C@H]1C. The van der Waals surface area contributed by atoms with Gasteiger partial charge in [-0.15, -0.1) is 0 Å². The Labute approximate surface area is 101 Å². The summed E-state index contributed by atoms with van der Waals surface area (Å²) < 4.78 is 10.5. The van der Waals surface area contributed by atoms with Gasteiger partial charge >= 0.3 is 20.0 Å². The van der Waals surface area contributed by atoms with Crippen LogP contribution in [0.2, 0.25) is 0 Å². The van der Waals surface area contributed by atoms with Crippen LogP contribution in [0.5, 0.6) is 0 Å². The molecule has 2 N–H and O–H groups in total. The predicted octanol–water partition coefficient (Wildman–Crippen LogP) is 1.54. The number of carbonyl (C=O) groups excluding carboxylic acids is 1. The van der Waals surface area contributed by atoms with E-state index < -0.39 is 30.5 Å². The summed E-state index contributed by atoms with van der Waals surface area (Å²) in [6.07, 6.45) is 0.340. The van der Waals surface area contributed by atoms with Crippen LogP contribution >= 0.6 is 7.95 Å². The maximum Gasteiger partial charge on any atom is 0.521 e. The van der Waals surface area contributed by atoms with Gasteiger partial charge < -0.3 is 5.11 Å². The summed E-state index contributed by atoms with van der Waals surface area (Å²) in [6.45, 7) is 5.12. The van der Waals surface area contributed by atoms with Crippen molar-refractivity contribution in [3.8, 4) is 0 Å². The van der Waals surface area contributed by atoms with Crippen LogP contribution in [-0.4, -0.2) is 46.9 Å². The Morgan fingerprint density at radius 1 is 1.53 bits per heavy atom. The predicted molar refractivity (Wildman–Crippen MR) is 63.0 cm³/mol. The molecule has 0 aliphatic carbocycles. The smallest absolute Gasteiger partial charge is 0.435 e. The van der Waals surface area contributed by atoms with E-state index in [0.717, 1.165) is 12.8 Å². The van der Waals surface area contributed by atoms with Gasteiger partial charge in [-0.3, -0.25) is 0 Å². The van der Waals surface area contributed by atoms with Crippen LogP contribution in [-0.2, 0) is 9.36 Å². The van der Waals surface area contributed by atoms with E-state index in [1.54, 1.807) is 13.8 Å². The molecule has 17 heavy (non-hydrogen) atoms. The summed E-state index contributed by atoms with van der Waals surface area (Å²) in [6, 6.07) is -0.931. The second kappa shape index (κ2) is 5.21. The lowest BCUT2D eigenvalue weighted by atomic mass is 10.2. The average molecular weight is 262 g/mol. The third kappa shape index (κ3) is 2.54. The number of carboxylic acid groups (broad SMARTS) is 1. The molecule has 4 atom stereocenters. The summed E-state index contributed by atoms with van der Waals surface area (Å²) in [4.78, 5) is 23.7. The van der Waals surface area contributed by atoms with Crippen molar-refractivity contribution in [1.29, 1.82) is 0 Å². The van der Waals surface area contributed by atoms with Gasteiger partial charge in [-0.25, -0.2) is 4.79 Å². The van der Waals surface area contributed by atoms with E-state index in [1.807, 2.05) is 0 Å². The fraction of sp³-hybridized carbons (Fsp3) is 0.800. The van der Waals surface area contributed by atoms with Gasteiger partial charge in [-0.05, 0) is 13.8 Å². The molecule has 1 rings (SSSR count). The minimum atomic E-state index is -1.67. The van der Waals surface area contributed by atoms with Gasteiger partial charge in [0.25, 0.3) is 0 Å². The monoisotopic (exact) mass is 262 g/mol. The zero-order valence-corrected chi connectivity index (χ0v) is 11.2. The molecule has 0 bridgehead atoms. The molecule has 1 saturated heterocycles. The largest absolute Gasteiger partial charge is 0.521 e. The maximum absolute atomic E-state index is 12.3. The molecule has 6 nitrogen and oxygen atoms in total. The molecule has 0 aromatic heterocycles. The van der Waals surface area contributed by atoms with Crippen molar-refractivity contribution in [3.63, 3.8) is 0 Å². The van der Waals surface area contributed by atoms with Crippen molar-refractivity contribution >= 4 is 20.0 Å². The van der Waals surface area contributed by atoms with Crippen LogP contribution in [0.25, 0.3) is 0 Å². The first-order chi connectivity index (χ1) is 7.82. The van der Waals surface area contributed by atoms with E-state index in [4.69, 9.17) is 0 Å². The number of nitrogens with zero attached hydrogens (tertiary/aromatic N) is 1. The van der Waals surface area contributed by atoms with Gasteiger partial charge in [-0.1, -0.05) is 9.65 Å². The lowest BCUT2D eigenvalue weighted by Gasteiger charge is -2.30. The first kappa shape index (κ1) is 14.2. The summed E-state index contributed by atoms with van der Waals surface area (Å²) >= 11 is 0. The lowest BCUT2D eigenvalue weighted by molar-refractivity contribution is -0.792.